The van der Waals surface area contributed by atoms with Crippen molar-refractivity contribution in [3.05, 3.63) is 59.9 Å². The molecule has 0 bridgehead atoms. The van der Waals surface area contributed by atoms with Gasteiger partial charge < -0.3 is 14.8 Å². The van der Waals surface area contributed by atoms with Crippen molar-refractivity contribution in [2.45, 2.75) is 31.7 Å². The minimum atomic E-state index is -0.256. The van der Waals surface area contributed by atoms with Gasteiger partial charge in [-0.15, -0.1) is 0 Å². The van der Waals surface area contributed by atoms with E-state index in [1.54, 1.807) is 12.1 Å². The molecule has 1 atom stereocenters. The Morgan fingerprint density at radius 2 is 2.00 bits per heavy atom. The van der Waals surface area contributed by atoms with Gasteiger partial charge >= 0.3 is 0 Å². The van der Waals surface area contributed by atoms with Crippen LogP contribution in [0.25, 0.3) is 22.2 Å². The van der Waals surface area contributed by atoms with Crippen molar-refractivity contribution in [2.75, 3.05) is 27.2 Å². The van der Waals surface area contributed by atoms with E-state index >= 15 is 0 Å². The Hall–Kier alpha value is -2.66. The third-order valence-electron chi connectivity index (χ3n) is 6.00. The number of fused-ring (bicyclic) bond motifs is 1. The van der Waals surface area contributed by atoms with Crippen molar-refractivity contribution in [1.29, 1.82) is 0 Å². The van der Waals surface area contributed by atoms with E-state index in [1.807, 2.05) is 35.2 Å². The Balaban J connectivity index is 1.58. The molecule has 0 saturated carbocycles. The number of likely N-dealkylation sites (tertiary alicyclic amines) is 1. The topological polar surface area (TPSA) is 39.3 Å². The first kappa shape index (κ1) is 19.6. The molecule has 0 radical (unpaired) electrons. The fraction of sp³-hybridized carbons (Fsp3) is 0.375. The average Bonchev–Trinajstić information content (AvgIpc) is 3.10. The van der Waals surface area contributed by atoms with Gasteiger partial charge in [-0.25, -0.2) is 4.39 Å². The summed E-state index contributed by atoms with van der Waals surface area (Å²) in [5.74, 6) is -0.0742. The van der Waals surface area contributed by atoms with E-state index in [0.717, 1.165) is 53.7 Å². The van der Waals surface area contributed by atoms with Crippen LogP contribution in [0.1, 0.15) is 24.8 Å². The molecular weight excluding hydrogens is 365 g/mol. The van der Waals surface area contributed by atoms with Crippen molar-refractivity contribution < 1.29 is 9.18 Å². The van der Waals surface area contributed by atoms with Crippen molar-refractivity contribution in [3.63, 3.8) is 0 Å². The highest BCUT2D eigenvalue weighted by molar-refractivity contribution is 5.91. The minimum absolute atomic E-state index is 0.182. The highest BCUT2D eigenvalue weighted by Gasteiger charge is 2.25. The summed E-state index contributed by atoms with van der Waals surface area (Å²) in [5.41, 5.74) is 3.94. The Kier molecular flexibility index (Phi) is 5.67. The van der Waals surface area contributed by atoms with Crippen LogP contribution in [0.2, 0.25) is 0 Å². The van der Waals surface area contributed by atoms with Gasteiger partial charge in [0.2, 0.25) is 5.91 Å². The van der Waals surface area contributed by atoms with Crippen LogP contribution in [0.5, 0.6) is 0 Å². The fourth-order valence-corrected chi connectivity index (χ4v) is 4.32. The lowest BCUT2D eigenvalue weighted by atomic mass is 9.99. The lowest BCUT2D eigenvalue weighted by molar-refractivity contribution is -0.133. The number of piperidine rings is 1. The van der Waals surface area contributed by atoms with Crippen molar-refractivity contribution in [2.24, 2.45) is 0 Å². The summed E-state index contributed by atoms with van der Waals surface area (Å²) in [5, 5.41) is 0.862. The van der Waals surface area contributed by atoms with E-state index in [1.165, 1.54) is 6.07 Å². The van der Waals surface area contributed by atoms with E-state index in [2.05, 4.69) is 24.0 Å². The van der Waals surface area contributed by atoms with Crippen LogP contribution in [0.15, 0.2) is 48.5 Å². The standard InChI is InChI=1S/C24H28FN3O/c1-27(2)19-9-6-14-28(16-19)23(29)13-11-20-21-15-18(25)10-12-22(21)26-24(20)17-7-4-3-5-8-17/h3-5,7-8,10,12,15,19,26H,6,9,11,13-14,16H2,1-2H3. The maximum absolute atomic E-state index is 13.9. The zero-order valence-corrected chi connectivity index (χ0v) is 17.1. The van der Waals surface area contributed by atoms with Crippen LogP contribution in [0.3, 0.4) is 0 Å². The van der Waals surface area contributed by atoms with E-state index in [0.29, 0.717) is 18.9 Å². The summed E-state index contributed by atoms with van der Waals surface area (Å²) in [4.78, 5) is 20.6. The molecule has 1 amide bonds. The van der Waals surface area contributed by atoms with Gasteiger partial charge in [0.15, 0.2) is 0 Å². The zero-order valence-electron chi connectivity index (χ0n) is 17.1. The van der Waals surface area contributed by atoms with E-state index < -0.39 is 0 Å². The van der Waals surface area contributed by atoms with Gasteiger partial charge in [-0.05, 0) is 62.7 Å². The molecule has 1 aliphatic rings. The summed E-state index contributed by atoms with van der Waals surface area (Å²) in [6, 6.07) is 15.3. The number of likely N-dealkylation sites (N-methyl/N-ethyl adjacent to an activating group) is 1. The Bertz CT molecular complexity index is 996. The van der Waals surface area contributed by atoms with E-state index in [-0.39, 0.29) is 11.7 Å². The predicted octanol–water partition coefficient (Wildman–Crippen LogP) is 4.46. The van der Waals surface area contributed by atoms with Crippen molar-refractivity contribution in [1.82, 2.24) is 14.8 Å². The monoisotopic (exact) mass is 393 g/mol. The number of hydrogen-bond acceptors (Lipinski definition) is 2. The average molecular weight is 394 g/mol. The number of halogens is 1. The molecular formula is C24H28FN3O. The molecule has 152 valence electrons. The molecule has 1 unspecified atom stereocenters. The third-order valence-corrected chi connectivity index (χ3v) is 6.00. The van der Waals surface area contributed by atoms with Crippen LogP contribution in [-0.4, -0.2) is 53.9 Å². The molecule has 3 aromatic rings. The highest BCUT2D eigenvalue weighted by Crippen LogP contribution is 2.32. The lowest BCUT2D eigenvalue weighted by Gasteiger charge is -2.36. The number of nitrogens with zero attached hydrogens (tertiary/aromatic N) is 2. The van der Waals surface area contributed by atoms with Crippen LogP contribution < -0.4 is 0 Å². The van der Waals surface area contributed by atoms with Crippen molar-refractivity contribution >= 4 is 16.8 Å². The van der Waals surface area contributed by atoms with Crippen molar-refractivity contribution in [3.8, 4) is 11.3 Å². The number of carbonyl (C=O) groups excluding carboxylic acids is 1. The number of nitrogens with one attached hydrogen (secondary N) is 1. The first-order valence-corrected chi connectivity index (χ1v) is 10.3. The maximum Gasteiger partial charge on any atom is 0.222 e. The van der Waals surface area contributed by atoms with Crippen LogP contribution >= 0.6 is 0 Å². The second-order valence-electron chi connectivity index (χ2n) is 8.13. The van der Waals surface area contributed by atoms with Gasteiger partial charge in [-0.2, -0.15) is 0 Å². The molecule has 2 aromatic carbocycles. The molecule has 5 heteroatoms. The first-order valence-electron chi connectivity index (χ1n) is 10.3. The summed E-state index contributed by atoms with van der Waals surface area (Å²) >= 11 is 0. The molecule has 4 rings (SSSR count). The number of aromatic nitrogens is 1. The minimum Gasteiger partial charge on any atom is -0.354 e. The number of aromatic amines is 1. The zero-order chi connectivity index (χ0) is 20.4. The molecule has 1 aliphatic heterocycles. The second-order valence-corrected chi connectivity index (χ2v) is 8.13. The first-order chi connectivity index (χ1) is 14.0. The number of hydrogen-bond donors (Lipinski definition) is 1. The summed E-state index contributed by atoms with van der Waals surface area (Å²) in [6.45, 7) is 1.62. The number of H-pyrrole nitrogens is 1. The largest absolute Gasteiger partial charge is 0.354 e. The predicted molar refractivity (Wildman–Crippen MR) is 115 cm³/mol. The van der Waals surface area contributed by atoms with Gasteiger partial charge in [-0.3, -0.25) is 4.79 Å². The van der Waals surface area contributed by atoms with Crippen LogP contribution in [0.4, 0.5) is 4.39 Å². The van der Waals surface area contributed by atoms with Crippen LogP contribution in [-0.2, 0) is 11.2 Å². The van der Waals surface area contributed by atoms with Gasteiger partial charge in [0.1, 0.15) is 5.82 Å². The number of aryl methyl sites for hydroxylation is 1. The SMILES string of the molecule is CN(C)C1CCCN(C(=O)CCc2c(-c3ccccc3)[nH]c3ccc(F)cc23)C1. The van der Waals surface area contributed by atoms with Gasteiger partial charge in [0.05, 0.1) is 0 Å². The number of carbonyl (C=O) groups is 1. The summed E-state index contributed by atoms with van der Waals surface area (Å²) < 4.78 is 13.9. The fourth-order valence-electron chi connectivity index (χ4n) is 4.32. The van der Waals surface area contributed by atoms with Gasteiger partial charge in [-0.1, -0.05) is 30.3 Å². The molecule has 1 aromatic heterocycles. The molecule has 1 saturated heterocycles. The maximum atomic E-state index is 13.9. The molecule has 0 spiro atoms. The van der Waals surface area contributed by atoms with E-state index in [4.69, 9.17) is 0 Å². The number of benzene rings is 2. The van der Waals surface area contributed by atoms with Gasteiger partial charge in [0, 0.05) is 42.1 Å². The Morgan fingerprint density at radius 3 is 2.76 bits per heavy atom. The summed E-state index contributed by atoms with van der Waals surface area (Å²) in [6.07, 6.45) is 3.21. The number of amides is 1. The quantitative estimate of drug-likeness (QED) is 0.695. The summed E-state index contributed by atoms with van der Waals surface area (Å²) in [7, 11) is 4.15. The van der Waals surface area contributed by atoms with Gasteiger partial charge in [0.25, 0.3) is 0 Å². The molecule has 29 heavy (non-hydrogen) atoms. The molecule has 1 fully saturated rings. The normalized spacial score (nSPS) is 17.2. The lowest BCUT2D eigenvalue weighted by Crippen LogP contribution is -2.47. The highest BCUT2D eigenvalue weighted by atomic mass is 19.1. The number of rotatable bonds is 5. The third kappa shape index (κ3) is 4.20. The molecule has 0 aliphatic carbocycles. The Labute approximate surface area is 171 Å². The second kappa shape index (κ2) is 8.37. The Morgan fingerprint density at radius 1 is 1.21 bits per heavy atom. The van der Waals surface area contributed by atoms with Crippen LogP contribution in [0, 0.1) is 5.82 Å². The smallest absolute Gasteiger partial charge is 0.222 e. The molecule has 2 heterocycles. The van der Waals surface area contributed by atoms with E-state index in [9.17, 15) is 9.18 Å². The molecule has 1 N–H and O–H groups in total. The molecule has 4 nitrogen and oxygen atoms in total.